The fourth-order valence-electron chi connectivity index (χ4n) is 3.32. The number of rotatable bonds is 3. The lowest BCUT2D eigenvalue weighted by molar-refractivity contribution is 0.139. The van der Waals surface area contributed by atoms with Crippen LogP contribution in [0.5, 0.6) is 0 Å². The van der Waals surface area contributed by atoms with Crippen molar-refractivity contribution in [3.8, 4) is 0 Å². The first-order chi connectivity index (χ1) is 10.3. The van der Waals surface area contributed by atoms with Crippen LogP contribution in [0.3, 0.4) is 0 Å². The first kappa shape index (κ1) is 13.5. The van der Waals surface area contributed by atoms with E-state index >= 15 is 0 Å². The molecule has 1 aliphatic heterocycles. The molecule has 0 aliphatic carbocycles. The van der Waals surface area contributed by atoms with Crippen molar-refractivity contribution >= 4 is 27.5 Å². The lowest BCUT2D eigenvalue weighted by Crippen LogP contribution is -2.33. The van der Waals surface area contributed by atoms with Crippen molar-refractivity contribution < 1.29 is 0 Å². The Morgan fingerprint density at radius 3 is 3.14 bits per heavy atom. The fourth-order valence-corrected chi connectivity index (χ4v) is 4.90. The monoisotopic (exact) mass is 317 g/mol. The van der Waals surface area contributed by atoms with Crippen molar-refractivity contribution in [2.75, 3.05) is 6.54 Å². The third kappa shape index (κ3) is 2.43. The Morgan fingerprint density at radius 1 is 1.33 bits per heavy atom. The summed E-state index contributed by atoms with van der Waals surface area (Å²) in [5, 5.41) is 6.61. The van der Waals surface area contributed by atoms with Crippen molar-refractivity contribution in [1.82, 2.24) is 14.3 Å². The third-order valence-electron chi connectivity index (χ3n) is 4.35. The number of aromatic nitrogens is 2. The van der Waals surface area contributed by atoms with Crippen molar-refractivity contribution in [2.24, 2.45) is 0 Å². The number of likely N-dealkylation sites (tertiary alicyclic amines) is 1. The van der Waals surface area contributed by atoms with Gasteiger partial charge in [-0.25, -0.2) is 4.98 Å². The molecule has 1 fully saturated rings. The van der Waals surface area contributed by atoms with Crippen LogP contribution in [0, 0.1) is 6.92 Å². The SMILES string of the molecule is Cc1nc(C2CCCCN2Cc2ccsc2)c2sccn12. The molecule has 1 aliphatic rings. The van der Waals surface area contributed by atoms with E-state index in [4.69, 9.17) is 4.98 Å². The van der Waals surface area contributed by atoms with Gasteiger partial charge in [-0.1, -0.05) is 6.42 Å². The van der Waals surface area contributed by atoms with Gasteiger partial charge in [0.15, 0.2) is 0 Å². The molecule has 1 unspecified atom stereocenters. The van der Waals surface area contributed by atoms with Crippen LogP contribution in [-0.4, -0.2) is 20.8 Å². The summed E-state index contributed by atoms with van der Waals surface area (Å²) in [6.07, 6.45) is 5.99. The molecule has 0 amide bonds. The normalized spacial score (nSPS) is 20.3. The Labute approximate surface area is 132 Å². The van der Waals surface area contributed by atoms with Crippen LogP contribution < -0.4 is 0 Å². The van der Waals surface area contributed by atoms with E-state index in [0.29, 0.717) is 6.04 Å². The van der Waals surface area contributed by atoms with Gasteiger partial charge in [0, 0.05) is 18.1 Å². The van der Waals surface area contributed by atoms with Gasteiger partial charge in [-0.15, -0.1) is 11.3 Å². The molecule has 110 valence electrons. The maximum atomic E-state index is 4.89. The standard InChI is InChI=1S/C16H19N3S2/c1-12-17-15(16-19(12)7-9-21-16)14-4-2-3-6-18(14)10-13-5-8-20-11-13/h5,7-9,11,14H,2-4,6,10H2,1H3. The first-order valence-corrected chi connectivity index (χ1v) is 9.32. The molecular weight excluding hydrogens is 298 g/mol. The lowest BCUT2D eigenvalue weighted by Gasteiger charge is -2.34. The molecule has 0 radical (unpaired) electrons. The number of piperidine rings is 1. The van der Waals surface area contributed by atoms with E-state index < -0.39 is 0 Å². The van der Waals surface area contributed by atoms with Gasteiger partial charge in [0.25, 0.3) is 0 Å². The van der Waals surface area contributed by atoms with Crippen LogP contribution in [0.25, 0.3) is 4.83 Å². The average molecular weight is 317 g/mol. The Bertz CT molecular complexity index is 726. The molecule has 1 saturated heterocycles. The highest BCUT2D eigenvalue weighted by molar-refractivity contribution is 7.15. The maximum Gasteiger partial charge on any atom is 0.124 e. The lowest BCUT2D eigenvalue weighted by atomic mass is 9.99. The van der Waals surface area contributed by atoms with Gasteiger partial charge < -0.3 is 0 Å². The molecule has 5 heteroatoms. The largest absolute Gasteiger partial charge is 0.294 e. The Kier molecular flexibility index (Phi) is 3.57. The first-order valence-electron chi connectivity index (χ1n) is 7.50. The summed E-state index contributed by atoms with van der Waals surface area (Å²) < 4.78 is 2.23. The molecule has 4 heterocycles. The van der Waals surface area contributed by atoms with Crippen molar-refractivity contribution in [1.29, 1.82) is 0 Å². The summed E-state index contributed by atoms with van der Waals surface area (Å²) in [5.41, 5.74) is 2.72. The predicted molar refractivity (Wildman–Crippen MR) is 89.1 cm³/mol. The number of hydrogen-bond donors (Lipinski definition) is 0. The summed E-state index contributed by atoms with van der Waals surface area (Å²) in [7, 11) is 0. The second-order valence-corrected chi connectivity index (χ2v) is 7.41. The quantitative estimate of drug-likeness (QED) is 0.709. The molecule has 21 heavy (non-hydrogen) atoms. The number of hydrogen-bond acceptors (Lipinski definition) is 4. The van der Waals surface area contributed by atoms with Crippen molar-refractivity contribution in [2.45, 2.75) is 38.8 Å². The van der Waals surface area contributed by atoms with Gasteiger partial charge in [-0.3, -0.25) is 9.30 Å². The summed E-state index contributed by atoms with van der Waals surface area (Å²) >= 11 is 3.60. The minimum absolute atomic E-state index is 0.473. The van der Waals surface area contributed by atoms with Gasteiger partial charge in [-0.2, -0.15) is 11.3 Å². The minimum Gasteiger partial charge on any atom is -0.294 e. The molecule has 4 rings (SSSR count). The topological polar surface area (TPSA) is 20.5 Å². The van der Waals surface area contributed by atoms with Crippen LogP contribution in [0.2, 0.25) is 0 Å². The Hall–Kier alpha value is -1.17. The Balaban J connectivity index is 1.68. The van der Waals surface area contributed by atoms with Crippen molar-refractivity contribution in [3.63, 3.8) is 0 Å². The summed E-state index contributed by atoms with van der Waals surface area (Å²) in [6.45, 7) is 4.34. The smallest absolute Gasteiger partial charge is 0.124 e. The zero-order valence-corrected chi connectivity index (χ0v) is 13.8. The zero-order chi connectivity index (χ0) is 14.2. The number of thiophene rings is 1. The fraction of sp³-hybridized carbons (Fsp3) is 0.438. The highest BCUT2D eigenvalue weighted by Crippen LogP contribution is 2.35. The van der Waals surface area contributed by atoms with Gasteiger partial charge in [0.1, 0.15) is 10.7 Å². The van der Waals surface area contributed by atoms with Gasteiger partial charge in [0.2, 0.25) is 0 Å². The van der Waals surface area contributed by atoms with Crippen molar-refractivity contribution in [3.05, 3.63) is 45.5 Å². The van der Waals surface area contributed by atoms with Gasteiger partial charge >= 0.3 is 0 Å². The van der Waals surface area contributed by atoms with Gasteiger partial charge in [-0.05, 0) is 48.7 Å². The zero-order valence-electron chi connectivity index (χ0n) is 12.2. The predicted octanol–water partition coefficient (Wildman–Crippen LogP) is 4.49. The number of nitrogens with zero attached hydrogens (tertiary/aromatic N) is 3. The molecule has 1 atom stereocenters. The molecule has 3 aromatic rings. The number of thiazole rings is 1. The summed E-state index contributed by atoms with van der Waals surface area (Å²) in [6, 6.07) is 2.72. The van der Waals surface area contributed by atoms with Crippen LogP contribution in [0.4, 0.5) is 0 Å². The van der Waals surface area contributed by atoms with Crippen LogP contribution in [-0.2, 0) is 6.54 Å². The summed E-state index contributed by atoms with van der Waals surface area (Å²) in [5.74, 6) is 1.11. The van der Waals surface area contributed by atoms with E-state index in [2.05, 4.69) is 44.6 Å². The van der Waals surface area contributed by atoms with E-state index in [0.717, 1.165) is 12.4 Å². The van der Waals surface area contributed by atoms with E-state index in [1.807, 2.05) is 11.3 Å². The second-order valence-electron chi connectivity index (χ2n) is 5.74. The number of aryl methyl sites for hydroxylation is 1. The molecule has 0 spiro atoms. The molecule has 0 N–H and O–H groups in total. The molecule has 0 aromatic carbocycles. The average Bonchev–Trinajstić information content (AvgIpc) is 3.20. The van der Waals surface area contributed by atoms with E-state index in [9.17, 15) is 0 Å². The molecule has 0 bridgehead atoms. The molecular formula is C16H19N3S2. The Morgan fingerprint density at radius 2 is 2.29 bits per heavy atom. The van der Waals surface area contributed by atoms with Crippen LogP contribution in [0.15, 0.2) is 28.4 Å². The molecule has 3 nitrogen and oxygen atoms in total. The van der Waals surface area contributed by atoms with Crippen LogP contribution in [0.1, 0.15) is 42.4 Å². The van der Waals surface area contributed by atoms with Crippen LogP contribution >= 0.6 is 22.7 Å². The number of fused-ring (bicyclic) bond motifs is 1. The van der Waals surface area contributed by atoms with E-state index in [1.165, 1.54) is 41.9 Å². The molecule has 3 aromatic heterocycles. The second kappa shape index (κ2) is 5.55. The maximum absolute atomic E-state index is 4.89. The summed E-state index contributed by atoms with van der Waals surface area (Å²) in [4.78, 5) is 8.83. The van der Waals surface area contributed by atoms with Gasteiger partial charge in [0.05, 0.1) is 11.7 Å². The highest BCUT2D eigenvalue weighted by Gasteiger charge is 2.28. The minimum atomic E-state index is 0.473. The highest BCUT2D eigenvalue weighted by atomic mass is 32.1. The van der Waals surface area contributed by atoms with E-state index in [-0.39, 0.29) is 0 Å². The number of imidazole rings is 1. The molecule has 0 saturated carbocycles. The third-order valence-corrected chi connectivity index (χ3v) is 5.97. The van der Waals surface area contributed by atoms with E-state index in [1.54, 1.807) is 11.3 Å².